The van der Waals surface area contributed by atoms with Gasteiger partial charge in [-0.15, -0.1) is 0 Å². The summed E-state index contributed by atoms with van der Waals surface area (Å²) in [7, 11) is 0. The summed E-state index contributed by atoms with van der Waals surface area (Å²) in [6, 6.07) is 0. The van der Waals surface area contributed by atoms with Gasteiger partial charge in [0.25, 0.3) is 0 Å². The van der Waals surface area contributed by atoms with Gasteiger partial charge in [-0.05, 0) is 0 Å². The fourth-order valence-electron chi connectivity index (χ4n) is 1.79. The third kappa shape index (κ3) is 1.56. The second-order valence-electron chi connectivity index (χ2n) is 3.59. The summed E-state index contributed by atoms with van der Waals surface area (Å²) in [5.74, 6) is 1.78. The molecule has 1 saturated heterocycles. The van der Waals surface area contributed by atoms with Crippen molar-refractivity contribution in [1.29, 1.82) is 0 Å². The quantitative estimate of drug-likeness (QED) is 0.680. The molecule has 0 spiro atoms. The number of aromatic nitrogens is 2. The van der Waals surface area contributed by atoms with Gasteiger partial charge in [0, 0.05) is 13.1 Å². The van der Waals surface area contributed by atoms with E-state index in [2.05, 4.69) is 25.2 Å². The average molecular weight is 207 g/mol. The van der Waals surface area contributed by atoms with Crippen LogP contribution in [0.1, 0.15) is 5.69 Å². The molecule has 2 aliphatic rings. The number of hydrogen-bond donors (Lipinski definition) is 2. The van der Waals surface area contributed by atoms with E-state index in [0.717, 1.165) is 50.3 Å². The molecule has 0 saturated carbocycles. The van der Waals surface area contributed by atoms with Crippen molar-refractivity contribution in [1.82, 2.24) is 15.3 Å². The highest BCUT2D eigenvalue weighted by Gasteiger charge is 2.18. The predicted octanol–water partition coefficient (Wildman–Crippen LogP) is 0.00930. The zero-order valence-corrected chi connectivity index (χ0v) is 8.36. The summed E-state index contributed by atoms with van der Waals surface area (Å²) < 4.78 is 5.30. The Balaban J connectivity index is 1.85. The van der Waals surface area contributed by atoms with E-state index < -0.39 is 0 Å². The van der Waals surface area contributed by atoms with Gasteiger partial charge in [0.2, 0.25) is 5.95 Å². The van der Waals surface area contributed by atoms with E-state index in [4.69, 9.17) is 4.74 Å². The number of aliphatic imine (C=N–C) groups is 1. The van der Waals surface area contributed by atoms with Crippen LogP contribution in [-0.4, -0.2) is 42.6 Å². The second-order valence-corrected chi connectivity index (χ2v) is 3.59. The van der Waals surface area contributed by atoms with Crippen LogP contribution < -0.4 is 10.2 Å². The van der Waals surface area contributed by atoms with Crippen LogP contribution in [0.3, 0.4) is 0 Å². The topological polar surface area (TPSA) is 65.5 Å². The molecule has 0 radical (unpaired) electrons. The third-order valence-corrected chi connectivity index (χ3v) is 2.61. The Kier molecular flexibility index (Phi) is 2.06. The number of H-pyrrole nitrogens is 1. The molecule has 0 unspecified atom stereocenters. The molecule has 0 aromatic carbocycles. The van der Waals surface area contributed by atoms with Gasteiger partial charge in [0.1, 0.15) is 5.69 Å². The van der Waals surface area contributed by atoms with Gasteiger partial charge >= 0.3 is 0 Å². The lowest BCUT2D eigenvalue weighted by Crippen LogP contribution is -2.36. The van der Waals surface area contributed by atoms with E-state index in [-0.39, 0.29) is 0 Å². The molecule has 3 rings (SSSR count). The molecule has 1 aromatic heterocycles. The van der Waals surface area contributed by atoms with Crippen LogP contribution in [0.5, 0.6) is 0 Å². The normalized spacial score (nSPS) is 19.9. The van der Waals surface area contributed by atoms with E-state index in [0.29, 0.717) is 0 Å². The van der Waals surface area contributed by atoms with Gasteiger partial charge in [0.05, 0.1) is 26.1 Å². The molecule has 1 aromatic rings. The van der Waals surface area contributed by atoms with Gasteiger partial charge < -0.3 is 19.9 Å². The van der Waals surface area contributed by atoms with Crippen LogP contribution in [0.25, 0.3) is 0 Å². The smallest absolute Gasteiger partial charge is 0.204 e. The number of imidazole rings is 1. The molecule has 6 heteroatoms. The van der Waals surface area contributed by atoms with Crippen molar-refractivity contribution in [3.05, 3.63) is 5.69 Å². The van der Waals surface area contributed by atoms with Crippen LogP contribution in [0.4, 0.5) is 11.8 Å². The van der Waals surface area contributed by atoms with Gasteiger partial charge in [-0.2, -0.15) is 0 Å². The van der Waals surface area contributed by atoms with Crippen molar-refractivity contribution < 1.29 is 4.74 Å². The minimum Gasteiger partial charge on any atom is -0.378 e. The minimum absolute atomic E-state index is 0.750. The molecule has 15 heavy (non-hydrogen) atoms. The molecule has 80 valence electrons. The van der Waals surface area contributed by atoms with Crippen LogP contribution in [0.15, 0.2) is 4.99 Å². The van der Waals surface area contributed by atoms with E-state index in [1.54, 1.807) is 6.34 Å². The summed E-state index contributed by atoms with van der Waals surface area (Å²) in [4.78, 5) is 14.1. The van der Waals surface area contributed by atoms with Gasteiger partial charge in [-0.25, -0.2) is 9.98 Å². The third-order valence-electron chi connectivity index (χ3n) is 2.61. The highest BCUT2D eigenvalue weighted by molar-refractivity contribution is 5.64. The van der Waals surface area contributed by atoms with E-state index >= 15 is 0 Å². The van der Waals surface area contributed by atoms with Crippen molar-refractivity contribution >= 4 is 18.1 Å². The van der Waals surface area contributed by atoms with Gasteiger partial charge in [-0.3, -0.25) is 0 Å². The maximum absolute atomic E-state index is 5.30. The Labute approximate surface area is 87.4 Å². The zero-order chi connectivity index (χ0) is 10.1. The molecule has 2 N–H and O–H groups in total. The highest BCUT2D eigenvalue weighted by Crippen LogP contribution is 2.22. The predicted molar refractivity (Wildman–Crippen MR) is 56.6 cm³/mol. The van der Waals surface area contributed by atoms with Crippen LogP contribution >= 0.6 is 0 Å². The molecule has 0 bridgehead atoms. The number of ether oxygens (including phenoxy) is 1. The lowest BCUT2D eigenvalue weighted by atomic mass is 10.4. The summed E-state index contributed by atoms with van der Waals surface area (Å²) in [5.41, 5.74) is 0.985. The molecule has 2 aliphatic heterocycles. The number of fused-ring (bicyclic) bond motifs is 1. The first-order chi connectivity index (χ1) is 7.43. The minimum atomic E-state index is 0.750. The van der Waals surface area contributed by atoms with Crippen molar-refractivity contribution in [2.75, 3.05) is 31.2 Å². The molecule has 0 amide bonds. The maximum Gasteiger partial charge on any atom is 0.204 e. The van der Waals surface area contributed by atoms with E-state index in [9.17, 15) is 0 Å². The molecule has 3 heterocycles. The van der Waals surface area contributed by atoms with Crippen LogP contribution in [-0.2, 0) is 11.3 Å². The summed E-state index contributed by atoms with van der Waals surface area (Å²) in [5, 5.41) is 3.04. The highest BCUT2D eigenvalue weighted by atomic mass is 16.5. The van der Waals surface area contributed by atoms with Crippen molar-refractivity contribution in [2.45, 2.75) is 6.54 Å². The van der Waals surface area contributed by atoms with E-state index in [1.165, 1.54) is 0 Å². The summed E-state index contributed by atoms with van der Waals surface area (Å²) in [6.45, 7) is 4.08. The molecular weight excluding hydrogens is 194 g/mol. The van der Waals surface area contributed by atoms with Crippen LogP contribution in [0.2, 0.25) is 0 Å². The number of nitrogens with zero attached hydrogens (tertiary/aromatic N) is 3. The summed E-state index contributed by atoms with van der Waals surface area (Å²) in [6.07, 6.45) is 1.70. The largest absolute Gasteiger partial charge is 0.378 e. The first-order valence-electron chi connectivity index (χ1n) is 5.11. The van der Waals surface area contributed by atoms with Crippen molar-refractivity contribution in [3.8, 4) is 0 Å². The first-order valence-corrected chi connectivity index (χ1v) is 5.11. The number of nitrogens with one attached hydrogen (secondary N) is 2. The van der Waals surface area contributed by atoms with Crippen LogP contribution in [0, 0.1) is 0 Å². The van der Waals surface area contributed by atoms with Crippen molar-refractivity contribution in [3.63, 3.8) is 0 Å². The second kappa shape index (κ2) is 3.54. The molecule has 0 aliphatic carbocycles. The Morgan fingerprint density at radius 2 is 2.20 bits per heavy atom. The van der Waals surface area contributed by atoms with E-state index in [1.807, 2.05) is 0 Å². The SMILES string of the molecule is C1=Nc2[nH]c(N3CCOCC3)nc2CN1. The van der Waals surface area contributed by atoms with Crippen molar-refractivity contribution in [2.24, 2.45) is 4.99 Å². The lowest BCUT2D eigenvalue weighted by molar-refractivity contribution is 0.122. The first kappa shape index (κ1) is 8.72. The van der Waals surface area contributed by atoms with Gasteiger partial charge in [-0.1, -0.05) is 0 Å². The van der Waals surface area contributed by atoms with Gasteiger partial charge in [0.15, 0.2) is 5.82 Å². The number of aromatic amines is 1. The monoisotopic (exact) mass is 207 g/mol. The molecular formula is C9H13N5O. The average Bonchev–Trinajstić information content (AvgIpc) is 2.74. The Bertz CT molecular complexity index is 380. The molecule has 0 atom stereocenters. The number of morpholine rings is 1. The zero-order valence-electron chi connectivity index (χ0n) is 8.36. The summed E-state index contributed by atoms with van der Waals surface area (Å²) >= 11 is 0. The Morgan fingerprint density at radius 3 is 3.00 bits per heavy atom. The maximum atomic E-state index is 5.30. The number of anilines is 1. The Morgan fingerprint density at radius 1 is 1.33 bits per heavy atom. The number of hydrogen-bond acceptors (Lipinski definition) is 5. The lowest BCUT2D eigenvalue weighted by Gasteiger charge is -2.26. The Hall–Kier alpha value is -1.56. The molecule has 6 nitrogen and oxygen atoms in total. The fraction of sp³-hybridized carbons (Fsp3) is 0.556. The number of rotatable bonds is 1. The fourth-order valence-corrected chi connectivity index (χ4v) is 1.79. The molecule has 1 fully saturated rings. The standard InChI is InChI=1S/C9H13N5O/c1-3-15-4-2-14(1)9-12-7-5-10-6-11-8(7)13-9/h6H,1-5H2,(H,10,11)(H,12,13).